The lowest BCUT2D eigenvalue weighted by molar-refractivity contribution is 0.296. The second-order valence-electron chi connectivity index (χ2n) is 8.43. The minimum absolute atomic E-state index is 0.0261. The molecule has 1 aliphatic rings. The Bertz CT molecular complexity index is 1160. The van der Waals surface area contributed by atoms with Crippen LogP contribution in [0.25, 0.3) is 11.1 Å². The summed E-state index contributed by atoms with van der Waals surface area (Å²) in [5.74, 6) is 0.0522. The first-order chi connectivity index (χ1) is 16.6. The van der Waals surface area contributed by atoms with Crippen molar-refractivity contribution in [2.24, 2.45) is 11.5 Å². The van der Waals surface area contributed by atoms with Gasteiger partial charge in [-0.05, 0) is 105 Å². The summed E-state index contributed by atoms with van der Waals surface area (Å²) in [5, 5.41) is 0. The first kappa shape index (κ1) is 27.4. The summed E-state index contributed by atoms with van der Waals surface area (Å²) in [6.45, 7) is 1.61. The van der Waals surface area contributed by atoms with E-state index in [9.17, 15) is 25.9 Å². The standard InChI is InChI=1S/C23H32N2O8S2/c24-7-3-1-5-9-32-20-12-16-11-17-13-21(33-10-6-2-4-8-25)23(35(29,30)31)15-19(17)18(16)14-22(20)34(26,27)28/h12-15H,1-11,24-25H2,(H,26,27,28)(H,29,30,31). The highest BCUT2D eigenvalue weighted by Crippen LogP contribution is 2.44. The van der Waals surface area contributed by atoms with Gasteiger partial charge in [-0.25, -0.2) is 0 Å². The largest absolute Gasteiger partial charge is 0.492 e. The predicted octanol–water partition coefficient (Wildman–Crippen LogP) is 2.77. The van der Waals surface area contributed by atoms with Gasteiger partial charge in [0, 0.05) is 0 Å². The average molecular weight is 529 g/mol. The second-order valence-corrected chi connectivity index (χ2v) is 11.2. The molecule has 0 bridgehead atoms. The number of ether oxygens (including phenoxy) is 2. The van der Waals surface area contributed by atoms with Crippen LogP contribution in [0.2, 0.25) is 0 Å². The van der Waals surface area contributed by atoms with E-state index in [0.717, 1.165) is 25.7 Å². The van der Waals surface area contributed by atoms with Crippen LogP contribution in [-0.4, -0.2) is 52.2 Å². The smallest absolute Gasteiger partial charge is 0.298 e. The lowest BCUT2D eigenvalue weighted by atomic mass is 10.1. The van der Waals surface area contributed by atoms with Gasteiger partial charge in [-0.1, -0.05) is 0 Å². The summed E-state index contributed by atoms with van der Waals surface area (Å²) in [7, 11) is -9.24. The molecule has 12 heteroatoms. The topological polar surface area (TPSA) is 179 Å². The van der Waals surface area contributed by atoms with Crippen molar-refractivity contribution in [1.82, 2.24) is 0 Å². The predicted molar refractivity (Wildman–Crippen MR) is 131 cm³/mol. The van der Waals surface area contributed by atoms with E-state index in [1.54, 1.807) is 12.1 Å². The quantitative estimate of drug-likeness (QED) is 0.179. The minimum atomic E-state index is -4.62. The zero-order chi connectivity index (χ0) is 25.6. The number of benzene rings is 2. The lowest BCUT2D eigenvalue weighted by Gasteiger charge is -2.14. The van der Waals surface area contributed by atoms with E-state index >= 15 is 0 Å². The van der Waals surface area contributed by atoms with Gasteiger partial charge in [-0.15, -0.1) is 0 Å². The fraction of sp³-hybridized carbons (Fsp3) is 0.478. The minimum Gasteiger partial charge on any atom is -0.492 e. The van der Waals surface area contributed by atoms with Crippen molar-refractivity contribution in [3.63, 3.8) is 0 Å². The van der Waals surface area contributed by atoms with E-state index in [1.807, 2.05) is 0 Å². The zero-order valence-corrected chi connectivity index (χ0v) is 21.0. The maximum Gasteiger partial charge on any atom is 0.298 e. The molecule has 1 aliphatic carbocycles. The first-order valence-electron chi connectivity index (χ1n) is 11.5. The molecule has 0 amide bonds. The van der Waals surface area contributed by atoms with Crippen LogP contribution in [0.5, 0.6) is 11.5 Å². The van der Waals surface area contributed by atoms with Gasteiger partial charge in [0.25, 0.3) is 20.2 Å². The van der Waals surface area contributed by atoms with Crippen molar-refractivity contribution in [1.29, 1.82) is 0 Å². The molecule has 0 aliphatic heterocycles. The summed E-state index contributed by atoms with van der Waals surface area (Å²) < 4.78 is 79.2. The molecule has 2 aromatic carbocycles. The maximum atomic E-state index is 12.1. The van der Waals surface area contributed by atoms with E-state index in [4.69, 9.17) is 20.9 Å². The Hall–Kier alpha value is -2.22. The molecular weight excluding hydrogens is 496 g/mol. The number of fused-ring (bicyclic) bond motifs is 3. The molecule has 0 atom stereocenters. The molecule has 0 saturated carbocycles. The Kier molecular flexibility index (Phi) is 9.13. The van der Waals surface area contributed by atoms with E-state index < -0.39 is 30.0 Å². The van der Waals surface area contributed by atoms with Gasteiger partial charge in [0.2, 0.25) is 0 Å². The molecule has 0 fully saturated rings. The molecule has 0 radical (unpaired) electrons. The Balaban J connectivity index is 1.95. The molecule has 0 saturated heterocycles. The van der Waals surface area contributed by atoms with Crippen LogP contribution < -0.4 is 20.9 Å². The second kappa shape index (κ2) is 11.7. The van der Waals surface area contributed by atoms with Crippen LogP contribution in [0.3, 0.4) is 0 Å². The third-order valence-electron chi connectivity index (χ3n) is 5.78. The SMILES string of the molecule is NCCCCCOc1cc2c(cc1S(=O)(=O)O)-c1cc(S(=O)(=O)O)c(OCCCCCN)cc1C2. The molecule has 2 aromatic rings. The summed E-state index contributed by atoms with van der Waals surface area (Å²) in [5.41, 5.74) is 13.2. The molecule has 10 nitrogen and oxygen atoms in total. The van der Waals surface area contributed by atoms with Gasteiger partial charge in [-0.3, -0.25) is 9.11 Å². The number of nitrogens with two attached hydrogens (primary N) is 2. The Morgan fingerprint density at radius 2 is 1.06 bits per heavy atom. The number of hydrogen-bond donors (Lipinski definition) is 4. The first-order valence-corrected chi connectivity index (χ1v) is 14.4. The van der Waals surface area contributed by atoms with Crippen LogP contribution in [0.15, 0.2) is 34.1 Å². The fourth-order valence-electron chi connectivity index (χ4n) is 4.04. The van der Waals surface area contributed by atoms with Gasteiger partial charge < -0.3 is 20.9 Å². The summed E-state index contributed by atoms with van der Waals surface area (Å²) in [6, 6.07) is 5.63. The van der Waals surface area contributed by atoms with Crippen molar-refractivity contribution in [3.05, 3.63) is 35.4 Å². The molecule has 0 spiro atoms. The van der Waals surface area contributed by atoms with Crippen molar-refractivity contribution < 1.29 is 35.4 Å². The Labute approximate surface area is 206 Å². The number of rotatable bonds is 14. The van der Waals surface area contributed by atoms with Crippen LogP contribution in [0.4, 0.5) is 0 Å². The molecule has 35 heavy (non-hydrogen) atoms. The zero-order valence-electron chi connectivity index (χ0n) is 19.4. The van der Waals surface area contributed by atoms with E-state index in [2.05, 4.69) is 0 Å². The van der Waals surface area contributed by atoms with Gasteiger partial charge in [0.1, 0.15) is 21.3 Å². The van der Waals surface area contributed by atoms with Crippen molar-refractivity contribution >= 4 is 20.2 Å². The van der Waals surface area contributed by atoms with Crippen LogP contribution in [-0.2, 0) is 26.7 Å². The summed E-state index contributed by atoms with van der Waals surface area (Å²) in [6.07, 6.45) is 4.99. The number of unbranched alkanes of at least 4 members (excludes halogenated alkanes) is 4. The summed E-state index contributed by atoms with van der Waals surface area (Å²) in [4.78, 5) is -0.812. The summed E-state index contributed by atoms with van der Waals surface area (Å²) >= 11 is 0. The van der Waals surface area contributed by atoms with Crippen molar-refractivity contribution in [2.45, 2.75) is 54.7 Å². The monoisotopic (exact) mass is 528 g/mol. The van der Waals surface area contributed by atoms with E-state index in [1.165, 1.54) is 12.1 Å². The van der Waals surface area contributed by atoms with Crippen molar-refractivity contribution in [3.8, 4) is 22.6 Å². The van der Waals surface area contributed by atoms with Gasteiger partial charge in [0.05, 0.1) is 13.2 Å². The van der Waals surface area contributed by atoms with Gasteiger partial charge >= 0.3 is 0 Å². The molecule has 0 unspecified atom stereocenters. The highest BCUT2D eigenvalue weighted by Gasteiger charge is 2.29. The number of hydrogen-bond acceptors (Lipinski definition) is 8. The van der Waals surface area contributed by atoms with E-state index in [0.29, 0.717) is 54.6 Å². The third kappa shape index (κ3) is 6.93. The van der Waals surface area contributed by atoms with Crippen LogP contribution >= 0.6 is 0 Å². The Morgan fingerprint density at radius 1 is 0.657 bits per heavy atom. The molecular formula is C23H32N2O8S2. The molecule has 194 valence electrons. The van der Waals surface area contributed by atoms with Gasteiger partial charge in [-0.2, -0.15) is 16.8 Å². The Morgan fingerprint density at radius 3 is 1.40 bits per heavy atom. The lowest BCUT2D eigenvalue weighted by Crippen LogP contribution is -2.07. The highest BCUT2D eigenvalue weighted by molar-refractivity contribution is 7.86. The average Bonchev–Trinajstić information content (AvgIpc) is 3.12. The molecule has 0 heterocycles. The van der Waals surface area contributed by atoms with Crippen LogP contribution in [0.1, 0.15) is 49.7 Å². The highest BCUT2D eigenvalue weighted by atomic mass is 32.2. The molecule has 3 rings (SSSR count). The van der Waals surface area contributed by atoms with Gasteiger partial charge in [0.15, 0.2) is 0 Å². The van der Waals surface area contributed by atoms with Crippen LogP contribution in [0, 0.1) is 0 Å². The molecule has 6 N–H and O–H groups in total. The fourth-order valence-corrected chi connectivity index (χ4v) is 5.32. The molecule has 0 aromatic heterocycles. The third-order valence-corrected chi connectivity index (χ3v) is 7.53. The van der Waals surface area contributed by atoms with E-state index in [-0.39, 0.29) is 24.7 Å². The normalized spacial score (nSPS) is 12.9. The maximum absolute atomic E-state index is 12.1. The van der Waals surface area contributed by atoms with Crippen molar-refractivity contribution in [2.75, 3.05) is 26.3 Å².